The summed E-state index contributed by atoms with van der Waals surface area (Å²) in [6.07, 6.45) is 1.34. The van der Waals surface area contributed by atoms with Crippen LogP contribution >= 0.6 is 0 Å². The summed E-state index contributed by atoms with van der Waals surface area (Å²) in [5, 5.41) is 7.67. The van der Waals surface area contributed by atoms with Gasteiger partial charge < -0.3 is 4.18 Å². The Labute approximate surface area is 160 Å². The Morgan fingerprint density at radius 3 is 2.48 bits per heavy atom. The Hall–Kier alpha value is -3.41. The van der Waals surface area contributed by atoms with E-state index in [2.05, 4.69) is 14.4 Å². The summed E-state index contributed by atoms with van der Waals surface area (Å²) in [5.74, 6) is -0.409. The molecule has 150 valence electrons. The molecule has 0 N–H and O–H groups in total. The Balaban J connectivity index is 1.89. The van der Waals surface area contributed by atoms with Crippen LogP contribution < -0.4 is 9.74 Å². The van der Waals surface area contributed by atoms with Gasteiger partial charge in [0.05, 0.1) is 17.4 Å². The van der Waals surface area contributed by atoms with Crippen molar-refractivity contribution in [2.45, 2.75) is 12.1 Å². The molecule has 4 rings (SSSR count). The van der Waals surface area contributed by atoms with Crippen LogP contribution in [0.2, 0.25) is 0 Å². The van der Waals surface area contributed by atoms with Crippen molar-refractivity contribution >= 4 is 26.8 Å². The van der Waals surface area contributed by atoms with Crippen molar-refractivity contribution < 1.29 is 25.8 Å². The lowest BCUT2D eigenvalue weighted by Crippen LogP contribution is -2.28. The van der Waals surface area contributed by atoms with E-state index in [0.29, 0.717) is 0 Å². The Kier molecular flexibility index (Phi) is 4.30. The highest BCUT2D eigenvalue weighted by molar-refractivity contribution is 7.88. The number of rotatable bonds is 4. The second kappa shape index (κ2) is 6.58. The summed E-state index contributed by atoms with van der Waals surface area (Å²) in [4.78, 5) is 13.0. The summed E-state index contributed by atoms with van der Waals surface area (Å²) in [6.45, 7) is 0.129. The number of hydrogen-bond donors (Lipinski definition) is 0. The van der Waals surface area contributed by atoms with E-state index >= 15 is 0 Å². The molecule has 0 spiro atoms. The Morgan fingerprint density at radius 1 is 1.07 bits per heavy atom. The molecule has 2 aromatic carbocycles. The summed E-state index contributed by atoms with van der Waals surface area (Å²) in [5.41, 5.74) is -5.10. The van der Waals surface area contributed by atoms with Crippen molar-refractivity contribution in [2.24, 2.45) is 0 Å². The van der Waals surface area contributed by atoms with E-state index in [1.54, 1.807) is 24.3 Å². The van der Waals surface area contributed by atoms with Crippen molar-refractivity contribution in [3.05, 3.63) is 70.8 Å². The summed E-state index contributed by atoms with van der Waals surface area (Å²) in [6, 6.07) is 12.2. The van der Waals surface area contributed by atoms with Crippen molar-refractivity contribution in [2.75, 3.05) is 0 Å². The maximum absolute atomic E-state index is 13.0. The third-order valence-electron chi connectivity index (χ3n) is 4.15. The molecule has 12 heteroatoms. The molecule has 0 amide bonds. The number of nitrogens with zero attached hydrogens (tertiary/aromatic N) is 4. The maximum atomic E-state index is 13.0. The average Bonchev–Trinajstić information content (AvgIpc) is 3.14. The minimum absolute atomic E-state index is 0.0527. The van der Waals surface area contributed by atoms with Gasteiger partial charge in [0.2, 0.25) is 5.78 Å². The van der Waals surface area contributed by atoms with Crippen LogP contribution in [0.15, 0.2) is 59.7 Å². The lowest BCUT2D eigenvalue weighted by atomic mass is 10.2. The fraction of sp³-hybridized carbons (Fsp3) is 0.118. The summed E-state index contributed by atoms with van der Waals surface area (Å²) >= 11 is 0. The third kappa shape index (κ3) is 3.31. The van der Waals surface area contributed by atoms with Crippen LogP contribution in [0.3, 0.4) is 0 Å². The summed E-state index contributed by atoms with van der Waals surface area (Å²) < 4.78 is 67.2. The Bertz CT molecular complexity index is 1380. The number of hydrogen-bond acceptors (Lipinski definition) is 6. The predicted molar refractivity (Wildman–Crippen MR) is 95.9 cm³/mol. The molecule has 2 aromatic heterocycles. The predicted octanol–water partition coefficient (Wildman–Crippen LogP) is 2.32. The lowest BCUT2D eigenvalue weighted by Gasteiger charge is -2.12. The van der Waals surface area contributed by atoms with Crippen LogP contribution in [0, 0.1) is 0 Å². The van der Waals surface area contributed by atoms with Crippen molar-refractivity contribution in [1.82, 2.24) is 19.2 Å². The average molecular weight is 424 g/mol. The van der Waals surface area contributed by atoms with Gasteiger partial charge in [-0.2, -0.15) is 21.6 Å². The zero-order chi connectivity index (χ0) is 20.8. The molecule has 0 atom stereocenters. The molecule has 29 heavy (non-hydrogen) atoms. The molecule has 0 saturated heterocycles. The standard InChI is InChI=1S/C17H11F3N4O4S/c18-17(19,20)29(26,27)28-12-6-7-14-13(8-12)15(25)23(16-22-21-10-24(14)16)9-11-4-2-1-3-5-11/h1-8,10H,9H2. The molecule has 2 heterocycles. The highest BCUT2D eigenvalue weighted by Crippen LogP contribution is 2.28. The van der Waals surface area contributed by atoms with Crippen LogP contribution in [0.25, 0.3) is 16.7 Å². The van der Waals surface area contributed by atoms with Crippen molar-refractivity contribution in [3.8, 4) is 5.75 Å². The monoisotopic (exact) mass is 424 g/mol. The molecule has 0 aliphatic carbocycles. The van der Waals surface area contributed by atoms with Crippen LogP contribution in [0.4, 0.5) is 13.2 Å². The van der Waals surface area contributed by atoms with Gasteiger partial charge >= 0.3 is 15.6 Å². The van der Waals surface area contributed by atoms with E-state index in [0.717, 1.165) is 17.7 Å². The zero-order valence-corrected chi connectivity index (χ0v) is 15.2. The molecular formula is C17H11F3N4O4S. The second-order valence-electron chi connectivity index (χ2n) is 6.04. The quantitative estimate of drug-likeness (QED) is 0.369. The van der Waals surface area contributed by atoms with Crippen LogP contribution in [0.5, 0.6) is 5.75 Å². The van der Waals surface area contributed by atoms with Crippen LogP contribution in [0.1, 0.15) is 5.56 Å². The largest absolute Gasteiger partial charge is 0.534 e. The first-order valence-electron chi connectivity index (χ1n) is 8.08. The fourth-order valence-corrected chi connectivity index (χ4v) is 3.30. The molecule has 0 unspecified atom stereocenters. The highest BCUT2D eigenvalue weighted by Gasteiger charge is 2.48. The fourth-order valence-electron chi connectivity index (χ4n) is 2.85. The molecule has 8 nitrogen and oxygen atoms in total. The van der Waals surface area contributed by atoms with Gasteiger partial charge in [-0.05, 0) is 23.8 Å². The molecule has 0 saturated carbocycles. The number of halogens is 3. The first kappa shape index (κ1) is 18.9. The van der Waals surface area contributed by atoms with Gasteiger partial charge in [0.15, 0.2) is 0 Å². The molecule has 4 aromatic rings. The molecule has 0 fully saturated rings. The number of aromatic nitrogens is 4. The molecule has 0 radical (unpaired) electrons. The number of fused-ring (bicyclic) bond motifs is 3. The Morgan fingerprint density at radius 2 is 1.79 bits per heavy atom. The smallest absolute Gasteiger partial charge is 0.376 e. The minimum atomic E-state index is -5.86. The molecule has 0 bridgehead atoms. The minimum Gasteiger partial charge on any atom is -0.376 e. The first-order chi connectivity index (χ1) is 13.7. The number of alkyl halides is 3. The third-order valence-corrected chi connectivity index (χ3v) is 5.13. The topological polar surface area (TPSA) is 95.6 Å². The first-order valence-corrected chi connectivity index (χ1v) is 9.49. The molecule has 0 aliphatic heterocycles. The zero-order valence-electron chi connectivity index (χ0n) is 14.4. The van der Waals surface area contributed by atoms with Gasteiger partial charge in [-0.1, -0.05) is 30.3 Å². The van der Waals surface area contributed by atoms with Gasteiger partial charge in [0.1, 0.15) is 12.1 Å². The lowest BCUT2D eigenvalue weighted by molar-refractivity contribution is -0.0500. The highest BCUT2D eigenvalue weighted by atomic mass is 32.2. The van der Waals surface area contributed by atoms with Crippen molar-refractivity contribution in [1.29, 1.82) is 0 Å². The van der Waals surface area contributed by atoms with Crippen LogP contribution in [-0.4, -0.2) is 33.1 Å². The SMILES string of the molecule is O=c1c2cc(OS(=O)(=O)C(F)(F)F)ccc2n2cnnc2n1Cc1ccccc1. The normalized spacial score (nSPS) is 12.5. The van der Waals surface area contributed by atoms with Gasteiger partial charge in [-0.3, -0.25) is 13.8 Å². The number of benzene rings is 2. The maximum Gasteiger partial charge on any atom is 0.534 e. The summed E-state index contributed by atoms with van der Waals surface area (Å²) in [7, 11) is -5.86. The molecular weight excluding hydrogens is 413 g/mol. The van der Waals surface area contributed by atoms with Gasteiger partial charge in [0.25, 0.3) is 5.56 Å². The van der Waals surface area contributed by atoms with Gasteiger partial charge in [0, 0.05) is 0 Å². The molecule has 0 aliphatic rings. The second-order valence-corrected chi connectivity index (χ2v) is 7.58. The van der Waals surface area contributed by atoms with E-state index in [1.807, 2.05) is 6.07 Å². The van der Waals surface area contributed by atoms with E-state index in [1.165, 1.54) is 21.4 Å². The van der Waals surface area contributed by atoms with E-state index in [9.17, 15) is 26.4 Å². The van der Waals surface area contributed by atoms with Gasteiger partial charge in [-0.25, -0.2) is 0 Å². The van der Waals surface area contributed by atoms with Crippen molar-refractivity contribution in [3.63, 3.8) is 0 Å². The van der Waals surface area contributed by atoms with Gasteiger partial charge in [-0.15, -0.1) is 10.2 Å². The van der Waals surface area contributed by atoms with Crippen LogP contribution in [-0.2, 0) is 16.7 Å². The van der Waals surface area contributed by atoms with E-state index in [-0.39, 0.29) is 23.2 Å². The van der Waals surface area contributed by atoms with E-state index in [4.69, 9.17) is 0 Å². The van der Waals surface area contributed by atoms with E-state index < -0.39 is 26.9 Å².